The molecular formula is C26H30N4O4. The molecule has 8 heteroatoms. The van der Waals surface area contributed by atoms with E-state index in [0.29, 0.717) is 12.1 Å². The summed E-state index contributed by atoms with van der Waals surface area (Å²) >= 11 is 0. The molecule has 1 heterocycles. The number of hydrogen-bond acceptors (Lipinski definition) is 6. The molecule has 2 aromatic rings. The van der Waals surface area contributed by atoms with E-state index < -0.39 is 24.3 Å². The van der Waals surface area contributed by atoms with Crippen LogP contribution in [0, 0.1) is 11.8 Å². The predicted molar refractivity (Wildman–Crippen MR) is 130 cm³/mol. The summed E-state index contributed by atoms with van der Waals surface area (Å²) in [7, 11) is 0. The topological polar surface area (TPSA) is 125 Å². The maximum atomic E-state index is 12.3. The SMILES string of the molecule is NC[C@H](NC(=O)c1ccc(C#Cc2ccc(NC(=O)CN3CCCCC3)cc2)cc1)C(=O)CO. The molecule has 0 aliphatic carbocycles. The first-order valence-electron chi connectivity index (χ1n) is 11.4. The zero-order valence-corrected chi connectivity index (χ0v) is 19.0. The molecule has 1 fully saturated rings. The molecule has 1 aliphatic heterocycles. The zero-order chi connectivity index (χ0) is 24.3. The molecule has 0 spiro atoms. The van der Waals surface area contributed by atoms with Gasteiger partial charge in [-0.15, -0.1) is 0 Å². The van der Waals surface area contributed by atoms with Gasteiger partial charge in [0.05, 0.1) is 6.54 Å². The third kappa shape index (κ3) is 7.52. The van der Waals surface area contributed by atoms with Crippen molar-refractivity contribution in [3.63, 3.8) is 0 Å². The number of Topliss-reactive ketones (excluding diaryl/α,β-unsaturated/α-hetero) is 1. The van der Waals surface area contributed by atoms with Crippen LogP contribution < -0.4 is 16.4 Å². The lowest BCUT2D eigenvalue weighted by molar-refractivity contribution is -0.123. The van der Waals surface area contributed by atoms with E-state index >= 15 is 0 Å². The van der Waals surface area contributed by atoms with Crippen LogP contribution in [0.15, 0.2) is 48.5 Å². The number of carbonyl (C=O) groups is 3. The third-order valence-corrected chi connectivity index (χ3v) is 5.57. The average molecular weight is 463 g/mol. The van der Waals surface area contributed by atoms with Gasteiger partial charge in [0.2, 0.25) is 5.91 Å². The highest BCUT2D eigenvalue weighted by Crippen LogP contribution is 2.11. The van der Waals surface area contributed by atoms with Crippen LogP contribution in [-0.4, -0.2) is 66.4 Å². The van der Waals surface area contributed by atoms with Crippen molar-refractivity contribution in [1.29, 1.82) is 0 Å². The van der Waals surface area contributed by atoms with Gasteiger partial charge in [-0.3, -0.25) is 19.3 Å². The Labute approximate surface area is 199 Å². The van der Waals surface area contributed by atoms with Crippen LogP contribution >= 0.6 is 0 Å². The predicted octanol–water partition coefficient (Wildman–Crippen LogP) is 1.13. The maximum absolute atomic E-state index is 12.3. The average Bonchev–Trinajstić information content (AvgIpc) is 2.87. The molecular weight excluding hydrogens is 432 g/mol. The van der Waals surface area contributed by atoms with Gasteiger partial charge in [0, 0.05) is 28.9 Å². The summed E-state index contributed by atoms with van der Waals surface area (Å²) in [5.41, 5.74) is 8.09. The first-order valence-corrected chi connectivity index (χ1v) is 11.4. The van der Waals surface area contributed by atoms with Gasteiger partial charge in [-0.1, -0.05) is 18.3 Å². The van der Waals surface area contributed by atoms with E-state index in [1.54, 1.807) is 24.3 Å². The molecule has 0 aromatic heterocycles. The Bertz CT molecular complexity index is 1050. The quantitative estimate of drug-likeness (QED) is 0.436. The van der Waals surface area contributed by atoms with Crippen LogP contribution in [0.1, 0.15) is 40.7 Å². The largest absolute Gasteiger partial charge is 0.388 e. The lowest BCUT2D eigenvalue weighted by atomic mass is 10.1. The minimum Gasteiger partial charge on any atom is -0.388 e. The highest BCUT2D eigenvalue weighted by molar-refractivity contribution is 5.98. The molecule has 34 heavy (non-hydrogen) atoms. The number of carbonyl (C=O) groups excluding carboxylic acids is 3. The molecule has 0 radical (unpaired) electrons. The smallest absolute Gasteiger partial charge is 0.251 e. The lowest BCUT2D eigenvalue weighted by Crippen LogP contribution is -2.46. The Balaban J connectivity index is 1.53. The number of piperidine rings is 1. The summed E-state index contributed by atoms with van der Waals surface area (Å²) in [4.78, 5) is 38.2. The number of likely N-dealkylation sites (tertiary alicyclic amines) is 1. The highest BCUT2D eigenvalue weighted by atomic mass is 16.3. The van der Waals surface area contributed by atoms with Crippen molar-refractivity contribution in [3.8, 4) is 11.8 Å². The van der Waals surface area contributed by atoms with E-state index in [1.165, 1.54) is 6.42 Å². The second kappa shape index (κ2) is 12.7. The fourth-order valence-corrected chi connectivity index (χ4v) is 3.63. The Kier molecular flexibility index (Phi) is 9.35. The highest BCUT2D eigenvalue weighted by Gasteiger charge is 2.19. The molecule has 1 atom stereocenters. The van der Waals surface area contributed by atoms with E-state index in [4.69, 9.17) is 10.8 Å². The number of benzene rings is 2. The molecule has 0 saturated carbocycles. The van der Waals surface area contributed by atoms with Crippen LogP contribution in [-0.2, 0) is 9.59 Å². The van der Waals surface area contributed by atoms with Crippen molar-refractivity contribution in [2.45, 2.75) is 25.3 Å². The number of nitrogens with zero attached hydrogens (tertiary/aromatic N) is 1. The summed E-state index contributed by atoms with van der Waals surface area (Å²) in [5.74, 6) is 5.10. The minimum absolute atomic E-state index is 0.0108. The summed E-state index contributed by atoms with van der Waals surface area (Å²) < 4.78 is 0. The minimum atomic E-state index is -0.922. The van der Waals surface area contributed by atoms with Crippen molar-refractivity contribution in [2.24, 2.45) is 5.73 Å². The van der Waals surface area contributed by atoms with Gasteiger partial charge in [-0.25, -0.2) is 0 Å². The Hall–Kier alpha value is -3.51. The van der Waals surface area contributed by atoms with Crippen molar-refractivity contribution in [3.05, 3.63) is 65.2 Å². The first-order chi connectivity index (χ1) is 16.5. The van der Waals surface area contributed by atoms with E-state index in [9.17, 15) is 14.4 Å². The molecule has 8 nitrogen and oxygen atoms in total. The van der Waals surface area contributed by atoms with Gasteiger partial charge in [-0.2, -0.15) is 0 Å². The van der Waals surface area contributed by atoms with E-state index in [2.05, 4.69) is 27.4 Å². The third-order valence-electron chi connectivity index (χ3n) is 5.57. The molecule has 1 saturated heterocycles. The first kappa shape index (κ1) is 25.1. The van der Waals surface area contributed by atoms with Crippen LogP contribution in [0.25, 0.3) is 0 Å². The van der Waals surface area contributed by atoms with Gasteiger partial charge >= 0.3 is 0 Å². The van der Waals surface area contributed by atoms with Crippen LogP contribution in [0.4, 0.5) is 5.69 Å². The lowest BCUT2D eigenvalue weighted by Gasteiger charge is -2.25. The van der Waals surface area contributed by atoms with Gasteiger partial charge in [0.25, 0.3) is 5.91 Å². The number of amides is 2. The number of hydrogen-bond donors (Lipinski definition) is 4. The Morgan fingerprint density at radius 2 is 1.53 bits per heavy atom. The van der Waals surface area contributed by atoms with Gasteiger partial charge in [-0.05, 0) is 74.5 Å². The fraction of sp³-hybridized carbons (Fsp3) is 0.346. The molecule has 0 unspecified atom stereocenters. The molecule has 3 rings (SSSR count). The number of ketones is 1. The van der Waals surface area contributed by atoms with Crippen molar-refractivity contribution in [2.75, 3.05) is 38.1 Å². The number of anilines is 1. The molecule has 1 aliphatic rings. The summed E-state index contributed by atoms with van der Waals surface area (Å²) in [6.45, 7) is 1.61. The Morgan fingerprint density at radius 1 is 0.941 bits per heavy atom. The van der Waals surface area contributed by atoms with Crippen molar-refractivity contribution >= 4 is 23.3 Å². The summed E-state index contributed by atoms with van der Waals surface area (Å²) in [6.07, 6.45) is 3.54. The standard InChI is InChI=1S/C26H30N4O4/c27-16-23(24(32)18-31)29-26(34)21-10-6-19(7-11-21)4-5-20-8-12-22(13-9-20)28-25(33)17-30-14-2-1-3-15-30/h6-13,23,31H,1-3,14-18,27H2,(H,28,33)(H,29,34)/t23-/m0/s1. The number of nitrogens with two attached hydrogens (primary N) is 1. The van der Waals surface area contributed by atoms with Gasteiger partial charge in [0.15, 0.2) is 5.78 Å². The van der Waals surface area contributed by atoms with Gasteiger partial charge in [0.1, 0.15) is 12.6 Å². The van der Waals surface area contributed by atoms with Crippen molar-refractivity contribution in [1.82, 2.24) is 10.2 Å². The van der Waals surface area contributed by atoms with E-state index in [-0.39, 0.29) is 12.5 Å². The second-order valence-corrected chi connectivity index (χ2v) is 8.18. The number of aliphatic hydroxyl groups excluding tert-OH is 1. The summed E-state index contributed by atoms with van der Waals surface area (Å²) in [6, 6.07) is 13.1. The van der Waals surface area contributed by atoms with Crippen LogP contribution in [0.5, 0.6) is 0 Å². The number of nitrogens with one attached hydrogen (secondary N) is 2. The molecule has 178 valence electrons. The fourth-order valence-electron chi connectivity index (χ4n) is 3.63. The van der Waals surface area contributed by atoms with Crippen LogP contribution in [0.2, 0.25) is 0 Å². The summed E-state index contributed by atoms with van der Waals surface area (Å²) in [5, 5.41) is 14.4. The molecule has 0 bridgehead atoms. The number of aliphatic hydroxyl groups is 1. The molecule has 5 N–H and O–H groups in total. The molecule has 2 amide bonds. The second-order valence-electron chi connectivity index (χ2n) is 8.18. The van der Waals surface area contributed by atoms with Crippen LogP contribution in [0.3, 0.4) is 0 Å². The normalized spacial score (nSPS) is 14.4. The van der Waals surface area contributed by atoms with Gasteiger partial charge < -0.3 is 21.5 Å². The van der Waals surface area contributed by atoms with E-state index in [0.717, 1.165) is 42.7 Å². The molecule has 2 aromatic carbocycles. The number of rotatable bonds is 8. The van der Waals surface area contributed by atoms with Crippen molar-refractivity contribution < 1.29 is 19.5 Å². The Morgan fingerprint density at radius 3 is 2.09 bits per heavy atom. The van der Waals surface area contributed by atoms with E-state index in [1.807, 2.05) is 24.3 Å². The zero-order valence-electron chi connectivity index (χ0n) is 19.0. The monoisotopic (exact) mass is 462 g/mol. The maximum Gasteiger partial charge on any atom is 0.251 e.